The molecule has 1 saturated heterocycles. The van der Waals surface area contributed by atoms with E-state index in [0.717, 1.165) is 30.4 Å². The molecule has 3 heterocycles. The van der Waals surface area contributed by atoms with Crippen molar-refractivity contribution in [2.45, 2.75) is 128 Å². The average Bonchev–Trinajstić information content (AvgIpc) is 3.39. The Morgan fingerprint density at radius 3 is 2.21 bits per heavy atom. The van der Waals surface area contributed by atoms with Gasteiger partial charge in [0.25, 0.3) is 10.1 Å². The molecule has 218 valence electrons. The minimum Gasteiger partial charge on any atom is -0.414 e. The molecule has 0 saturated carbocycles. The summed E-state index contributed by atoms with van der Waals surface area (Å²) >= 11 is 0. The number of nitrogens with zero attached hydrogens (tertiary/aromatic N) is 3. The van der Waals surface area contributed by atoms with E-state index in [1.54, 1.807) is 4.68 Å². The molecule has 38 heavy (non-hydrogen) atoms. The SMILES string of the molecule is CCCCc1cn([C@@H]2O[C@H](CO[Si](C)(C)C(C)(C)C)C3(OS(=O)(=O)C=C3N)[C@H]2O[Si](C)(C)C(C)(C)C)nn1. The van der Waals surface area contributed by atoms with Crippen molar-refractivity contribution in [2.75, 3.05) is 6.61 Å². The van der Waals surface area contributed by atoms with Crippen LogP contribution in [0.5, 0.6) is 0 Å². The molecule has 2 aliphatic heterocycles. The molecule has 3 rings (SSSR count). The monoisotopic (exact) mass is 588 g/mol. The fourth-order valence-corrected chi connectivity index (χ4v) is 7.62. The molecule has 2 N–H and O–H groups in total. The van der Waals surface area contributed by atoms with Crippen LogP contribution in [0.2, 0.25) is 36.3 Å². The summed E-state index contributed by atoms with van der Waals surface area (Å²) < 4.78 is 53.2. The molecule has 0 aliphatic carbocycles. The molecule has 1 aromatic heterocycles. The number of nitrogens with two attached hydrogens (primary N) is 1. The zero-order chi connectivity index (χ0) is 28.9. The molecule has 1 fully saturated rings. The van der Waals surface area contributed by atoms with E-state index in [-0.39, 0.29) is 22.4 Å². The summed E-state index contributed by atoms with van der Waals surface area (Å²) in [5.41, 5.74) is 5.82. The van der Waals surface area contributed by atoms with Crippen LogP contribution in [-0.4, -0.2) is 64.5 Å². The average molecular weight is 589 g/mol. The zero-order valence-electron chi connectivity index (χ0n) is 25.0. The number of aromatic nitrogens is 3. The highest BCUT2D eigenvalue weighted by atomic mass is 32.2. The lowest BCUT2D eigenvalue weighted by Crippen LogP contribution is -2.59. The summed E-state index contributed by atoms with van der Waals surface area (Å²) in [7, 11) is -8.76. The van der Waals surface area contributed by atoms with Gasteiger partial charge < -0.3 is 19.3 Å². The molecule has 1 unspecified atom stereocenters. The van der Waals surface area contributed by atoms with Crippen LogP contribution >= 0.6 is 0 Å². The van der Waals surface area contributed by atoms with E-state index in [1.165, 1.54) is 0 Å². The van der Waals surface area contributed by atoms with Gasteiger partial charge in [0.15, 0.2) is 28.5 Å². The van der Waals surface area contributed by atoms with Crippen LogP contribution < -0.4 is 5.73 Å². The highest BCUT2D eigenvalue weighted by Crippen LogP contribution is 2.52. The summed E-state index contributed by atoms with van der Waals surface area (Å²) in [6.45, 7) is 23.5. The second kappa shape index (κ2) is 10.4. The van der Waals surface area contributed by atoms with E-state index in [9.17, 15) is 8.42 Å². The van der Waals surface area contributed by atoms with Crippen LogP contribution in [0.25, 0.3) is 0 Å². The Labute approximate surface area is 231 Å². The molecule has 0 aromatic carbocycles. The van der Waals surface area contributed by atoms with E-state index in [2.05, 4.69) is 85.0 Å². The zero-order valence-corrected chi connectivity index (χ0v) is 27.8. The Morgan fingerprint density at radius 1 is 1.11 bits per heavy atom. The highest BCUT2D eigenvalue weighted by Gasteiger charge is 2.67. The van der Waals surface area contributed by atoms with Crippen LogP contribution in [0.15, 0.2) is 17.3 Å². The van der Waals surface area contributed by atoms with Crippen molar-refractivity contribution in [3.8, 4) is 0 Å². The van der Waals surface area contributed by atoms with Gasteiger partial charge in [0.1, 0.15) is 12.2 Å². The lowest BCUT2D eigenvalue weighted by atomic mass is 9.89. The molecular weight excluding hydrogens is 541 g/mol. The highest BCUT2D eigenvalue weighted by molar-refractivity contribution is 7.90. The van der Waals surface area contributed by atoms with E-state index >= 15 is 0 Å². The third-order valence-electron chi connectivity index (χ3n) is 8.67. The maximum Gasteiger partial charge on any atom is 0.292 e. The first kappa shape index (κ1) is 31.4. The van der Waals surface area contributed by atoms with Crippen molar-refractivity contribution in [2.24, 2.45) is 5.73 Å². The van der Waals surface area contributed by atoms with Gasteiger partial charge in [-0.2, -0.15) is 8.42 Å². The quantitative estimate of drug-likeness (QED) is 0.319. The summed E-state index contributed by atoms with van der Waals surface area (Å²) in [4.78, 5) is 0. The summed E-state index contributed by atoms with van der Waals surface area (Å²) in [5.74, 6) is 0. The van der Waals surface area contributed by atoms with E-state index < -0.39 is 50.8 Å². The fraction of sp³-hybridized carbons (Fsp3) is 0.840. The summed E-state index contributed by atoms with van der Waals surface area (Å²) in [5, 5.41) is 9.47. The second-order valence-electron chi connectivity index (χ2n) is 13.6. The number of hydrogen-bond acceptors (Lipinski definition) is 9. The Bertz CT molecular complexity index is 1140. The maximum absolute atomic E-state index is 12.8. The van der Waals surface area contributed by atoms with Crippen LogP contribution in [0.4, 0.5) is 0 Å². The lowest BCUT2D eigenvalue weighted by Gasteiger charge is -2.43. The van der Waals surface area contributed by atoms with E-state index in [4.69, 9.17) is 23.5 Å². The first-order valence-corrected chi connectivity index (χ1v) is 20.8. The number of unbranched alkanes of at least 4 members (excludes halogenated alkanes) is 1. The Balaban J connectivity index is 2.12. The first-order valence-electron chi connectivity index (χ1n) is 13.5. The largest absolute Gasteiger partial charge is 0.414 e. The van der Waals surface area contributed by atoms with Gasteiger partial charge in [-0.05, 0) is 49.1 Å². The Kier molecular flexibility index (Phi) is 8.59. The maximum atomic E-state index is 12.8. The van der Waals surface area contributed by atoms with Gasteiger partial charge in [-0.1, -0.05) is 60.1 Å². The molecule has 4 atom stereocenters. The van der Waals surface area contributed by atoms with Gasteiger partial charge in [0, 0.05) is 0 Å². The molecule has 2 aliphatic rings. The second-order valence-corrected chi connectivity index (χ2v) is 24.6. The number of rotatable bonds is 9. The van der Waals surface area contributed by atoms with Crippen molar-refractivity contribution in [1.82, 2.24) is 15.0 Å². The van der Waals surface area contributed by atoms with Crippen molar-refractivity contribution in [3.63, 3.8) is 0 Å². The van der Waals surface area contributed by atoms with Crippen molar-refractivity contribution < 1.29 is 26.2 Å². The van der Waals surface area contributed by atoms with Gasteiger partial charge in [-0.15, -0.1) is 5.10 Å². The molecule has 13 heteroatoms. The fourth-order valence-electron chi connectivity index (χ4n) is 4.11. The summed E-state index contributed by atoms with van der Waals surface area (Å²) in [6.07, 6.45) is 2.12. The van der Waals surface area contributed by atoms with E-state index in [0.29, 0.717) is 0 Å². The van der Waals surface area contributed by atoms with Gasteiger partial charge in [-0.25, -0.2) is 8.86 Å². The standard InChI is InChI=1S/C25H48N4O6SSi2/c1-12-13-14-18-15-29(28-27-18)22-21(34-38(10,11)24(5,6)7)25(19(26)17-36(30,31)35-25)20(33-22)16-32-37(8,9)23(2,3)4/h15,17,20-22H,12-14,16,26H2,1-11H3/t20-,21+,22-,25?/m1/s1. The van der Waals surface area contributed by atoms with Crippen LogP contribution in [0.1, 0.15) is 73.2 Å². The molecule has 0 amide bonds. The van der Waals surface area contributed by atoms with Crippen molar-refractivity contribution in [3.05, 3.63) is 23.0 Å². The molecular formula is C25H48N4O6SSi2. The van der Waals surface area contributed by atoms with Crippen LogP contribution in [0.3, 0.4) is 0 Å². The van der Waals surface area contributed by atoms with Crippen molar-refractivity contribution in [1.29, 1.82) is 0 Å². The predicted octanol–water partition coefficient (Wildman–Crippen LogP) is 4.83. The Morgan fingerprint density at radius 2 is 1.71 bits per heavy atom. The van der Waals surface area contributed by atoms with Crippen molar-refractivity contribution >= 4 is 26.8 Å². The van der Waals surface area contributed by atoms with E-state index in [1.807, 2.05) is 6.20 Å². The third-order valence-corrected chi connectivity index (χ3v) is 18.7. The number of ether oxygens (including phenoxy) is 1. The number of hydrogen-bond donors (Lipinski definition) is 1. The third kappa shape index (κ3) is 5.98. The van der Waals surface area contributed by atoms with Gasteiger partial charge in [0.2, 0.25) is 0 Å². The van der Waals surface area contributed by atoms with Gasteiger partial charge in [-0.3, -0.25) is 0 Å². The minimum absolute atomic E-state index is 0.0545. The normalized spacial score (nSPS) is 28.3. The molecule has 10 nitrogen and oxygen atoms in total. The van der Waals surface area contributed by atoms with Crippen LogP contribution in [0, 0.1) is 0 Å². The van der Waals surface area contributed by atoms with Gasteiger partial charge in [0.05, 0.1) is 29.6 Å². The first-order chi connectivity index (χ1) is 17.2. The predicted molar refractivity (Wildman–Crippen MR) is 153 cm³/mol. The Hall–Kier alpha value is -1.10. The van der Waals surface area contributed by atoms with Crippen LogP contribution in [-0.2, 0) is 34.3 Å². The smallest absolute Gasteiger partial charge is 0.292 e. The molecule has 1 aromatic rings. The number of aryl methyl sites for hydroxylation is 1. The topological polar surface area (TPSA) is 128 Å². The molecule has 1 spiro atoms. The molecule has 0 radical (unpaired) electrons. The van der Waals surface area contributed by atoms with Gasteiger partial charge >= 0.3 is 0 Å². The summed E-state index contributed by atoms with van der Waals surface area (Å²) in [6, 6.07) is 0. The lowest BCUT2D eigenvalue weighted by molar-refractivity contribution is -0.0595. The minimum atomic E-state index is -4.06. The molecule has 0 bridgehead atoms.